The van der Waals surface area contributed by atoms with Gasteiger partial charge in [-0.05, 0) is 109 Å². The first-order chi connectivity index (χ1) is 24.8. The molecule has 2 aromatic rings. The molecule has 1 saturated carbocycles. The lowest BCUT2D eigenvalue weighted by Crippen LogP contribution is -2.64. The van der Waals surface area contributed by atoms with Crippen LogP contribution in [-0.2, 0) is 24.7 Å². The normalized spacial score (nSPS) is 21.9. The van der Waals surface area contributed by atoms with Crippen LogP contribution in [0.1, 0.15) is 104 Å². The van der Waals surface area contributed by atoms with Gasteiger partial charge in [0.2, 0.25) is 0 Å². The summed E-state index contributed by atoms with van der Waals surface area (Å²) in [6.07, 6.45) is -24.0. The van der Waals surface area contributed by atoms with Crippen molar-refractivity contribution in [3.05, 3.63) is 65.7 Å². The van der Waals surface area contributed by atoms with Crippen molar-refractivity contribution in [1.29, 1.82) is 0 Å². The van der Waals surface area contributed by atoms with Crippen molar-refractivity contribution >= 4 is 11.9 Å². The van der Waals surface area contributed by atoms with Crippen molar-refractivity contribution < 1.29 is 73.9 Å². The molecule has 3 rings (SSSR count). The molecule has 1 aliphatic rings. The zero-order valence-electron chi connectivity index (χ0n) is 31.6. The summed E-state index contributed by atoms with van der Waals surface area (Å²) in [5.41, 5.74) is -11.9. The summed E-state index contributed by atoms with van der Waals surface area (Å²) in [6, 6.07) is 14.8. The number of aromatic hydroxyl groups is 1. The van der Waals surface area contributed by atoms with E-state index in [1.807, 2.05) is 0 Å². The van der Waals surface area contributed by atoms with E-state index in [4.69, 9.17) is 9.47 Å². The standard InChI is InChI=1S/C39H49F9O7/c1-8-34(6,31(51)55-33(4,5)25-12-10-9-11-13-25)22-24(23-14-16-28(49)17-15-23)21-32(2,3)30(50)54-29-19-26(35(7,52)37(40,41)42)18-27(20-29)36(53,38(43,44)45)39(46,47)48/h9-17,24,26-27,29,49,52-53H,8,18-22H2,1-7H3. The largest absolute Gasteiger partial charge is 0.508 e. The van der Waals surface area contributed by atoms with Gasteiger partial charge in [-0.15, -0.1) is 0 Å². The highest BCUT2D eigenvalue weighted by Crippen LogP contribution is 2.55. The van der Waals surface area contributed by atoms with Crippen molar-refractivity contribution in [3.63, 3.8) is 0 Å². The first kappa shape index (κ1) is 45.9. The number of halogens is 9. The number of hydrogen-bond donors (Lipinski definition) is 3. The second kappa shape index (κ2) is 15.8. The predicted octanol–water partition coefficient (Wildman–Crippen LogP) is 9.67. The second-order valence-corrected chi connectivity index (χ2v) is 16.3. The number of hydrogen-bond acceptors (Lipinski definition) is 7. The third-order valence-electron chi connectivity index (χ3n) is 11.2. The van der Waals surface area contributed by atoms with E-state index in [0.29, 0.717) is 11.1 Å². The molecule has 7 nitrogen and oxygen atoms in total. The summed E-state index contributed by atoms with van der Waals surface area (Å²) in [4.78, 5) is 27.7. The fourth-order valence-electron chi connectivity index (χ4n) is 7.25. The first-order valence-electron chi connectivity index (χ1n) is 17.8. The number of ether oxygens (including phenoxy) is 2. The van der Waals surface area contributed by atoms with Gasteiger partial charge in [-0.3, -0.25) is 9.59 Å². The summed E-state index contributed by atoms with van der Waals surface area (Å²) in [6.45, 7) is 9.74. The number of rotatable bonds is 13. The zero-order chi connectivity index (χ0) is 42.2. The lowest BCUT2D eigenvalue weighted by atomic mass is 9.66. The third kappa shape index (κ3) is 9.89. The summed E-state index contributed by atoms with van der Waals surface area (Å²) in [5, 5.41) is 30.5. The third-order valence-corrected chi connectivity index (χ3v) is 11.2. The minimum Gasteiger partial charge on any atom is -0.508 e. The van der Waals surface area contributed by atoms with Crippen LogP contribution in [0.2, 0.25) is 0 Å². The minimum absolute atomic E-state index is 0.0426. The minimum atomic E-state index is -6.39. The molecule has 0 spiro atoms. The quantitative estimate of drug-likeness (QED) is 0.137. The van der Waals surface area contributed by atoms with Crippen LogP contribution in [0.3, 0.4) is 0 Å². The maximum Gasteiger partial charge on any atom is 0.426 e. The molecule has 1 aliphatic carbocycles. The molecule has 0 saturated heterocycles. The van der Waals surface area contributed by atoms with E-state index >= 15 is 0 Å². The fourth-order valence-corrected chi connectivity index (χ4v) is 7.25. The molecule has 3 N–H and O–H groups in total. The van der Waals surface area contributed by atoms with E-state index in [2.05, 4.69) is 0 Å². The number of phenolic OH excluding ortho intramolecular Hbond substituents is 1. The fraction of sp³-hybridized carbons (Fsp3) is 0.641. The smallest absolute Gasteiger partial charge is 0.426 e. The van der Waals surface area contributed by atoms with E-state index in [1.165, 1.54) is 26.0 Å². The molecular weight excluding hydrogens is 751 g/mol. The highest BCUT2D eigenvalue weighted by Gasteiger charge is 2.75. The molecule has 0 bridgehead atoms. The summed E-state index contributed by atoms with van der Waals surface area (Å²) in [5.74, 6) is -7.89. The van der Waals surface area contributed by atoms with Gasteiger partial charge in [0.1, 0.15) is 17.5 Å². The Bertz CT molecular complexity index is 1600. The Balaban J connectivity index is 1.98. The van der Waals surface area contributed by atoms with Gasteiger partial charge in [0, 0.05) is 11.8 Å². The van der Waals surface area contributed by atoms with Crippen LogP contribution in [0.15, 0.2) is 54.6 Å². The number of carbonyl (C=O) groups excluding carboxylic acids is 2. The molecule has 310 valence electrons. The summed E-state index contributed by atoms with van der Waals surface area (Å²) < 4.78 is 137. The molecule has 2 aromatic carbocycles. The van der Waals surface area contributed by atoms with Crippen LogP contribution in [0.4, 0.5) is 39.5 Å². The van der Waals surface area contributed by atoms with E-state index in [9.17, 15) is 64.4 Å². The Kier molecular flexibility index (Phi) is 13.2. The molecule has 0 aromatic heterocycles. The number of aliphatic hydroxyl groups is 2. The maximum absolute atomic E-state index is 13.9. The topological polar surface area (TPSA) is 113 Å². The summed E-state index contributed by atoms with van der Waals surface area (Å²) in [7, 11) is 0. The molecule has 0 radical (unpaired) electrons. The molecule has 55 heavy (non-hydrogen) atoms. The van der Waals surface area contributed by atoms with Gasteiger partial charge in [-0.25, -0.2) is 0 Å². The van der Waals surface area contributed by atoms with E-state index in [1.54, 1.807) is 70.2 Å². The maximum atomic E-state index is 13.9. The Morgan fingerprint density at radius 2 is 1.22 bits per heavy atom. The summed E-state index contributed by atoms with van der Waals surface area (Å²) >= 11 is 0. The Labute approximate surface area is 314 Å². The monoisotopic (exact) mass is 800 g/mol. The van der Waals surface area contributed by atoms with Gasteiger partial charge < -0.3 is 24.8 Å². The van der Waals surface area contributed by atoms with Crippen molar-refractivity contribution in [2.24, 2.45) is 22.7 Å². The van der Waals surface area contributed by atoms with Crippen LogP contribution >= 0.6 is 0 Å². The second-order valence-electron chi connectivity index (χ2n) is 16.3. The molecular formula is C39H49F9O7. The van der Waals surface area contributed by atoms with Gasteiger partial charge in [0.15, 0.2) is 5.60 Å². The molecule has 0 amide bonds. The van der Waals surface area contributed by atoms with Crippen molar-refractivity contribution in [2.75, 3.05) is 0 Å². The highest BCUT2D eigenvalue weighted by atomic mass is 19.4. The lowest BCUT2D eigenvalue weighted by Gasteiger charge is -2.47. The van der Waals surface area contributed by atoms with E-state index in [0.717, 1.165) is 0 Å². The number of carbonyl (C=O) groups is 2. The van der Waals surface area contributed by atoms with Crippen LogP contribution in [0.5, 0.6) is 5.75 Å². The number of esters is 2. The molecule has 1 fully saturated rings. The molecule has 0 aliphatic heterocycles. The Morgan fingerprint density at radius 3 is 1.69 bits per heavy atom. The number of alkyl halides is 9. The van der Waals surface area contributed by atoms with Gasteiger partial charge in [-0.2, -0.15) is 39.5 Å². The van der Waals surface area contributed by atoms with Gasteiger partial charge in [0.05, 0.1) is 10.8 Å². The van der Waals surface area contributed by atoms with Gasteiger partial charge in [-0.1, -0.05) is 49.4 Å². The number of phenols is 1. The predicted molar refractivity (Wildman–Crippen MR) is 182 cm³/mol. The van der Waals surface area contributed by atoms with E-state index < -0.39 is 101 Å². The van der Waals surface area contributed by atoms with Crippen LogP contribution in [0, 0.1) is 22.7 Å². The zero-order valence-corrected chi connectivity index (χ0v) is 31.6. The van der Waals surface area contributed by atoms with Gasteiger partial charge >= 0.3 is 30.5 Å². The Morgan fingerprint density at radius 1 is 0.709 bits per heavy atom. The van der Waals surface area contributed by atoms with Crippen LogP contribution in [0.25, 0.3) is 0 Å². The van der Waals surface area contributed by atoms with Crippen molar-refractivity contribution in [2.45, 2.75) is 134 Å². The highest BCUT2D eigenvalue weighted by molar-refractivity contribution is 5.78. The Hall–Kier alpha value is -3.53. The van der Waals surface area contributed by atoms with Crippen molar-refractivity contribution in [3.8, 4) is 5.75 Å². The van der Waals surface area contributed by atoms with E-state index in [-0.39, 0.29) is 31.9 Å². The SMILES string of the molecule is CCC(C)(CC(CC(C)(C)C(=O)OC1CC(C(C)(O)C(F)(F)F)CC(C(O)(C(F)(F)F)C(F)(F)F)C1)c1ccc(O)cc1)C(=O)OC(C)(C)c1ccccc1. The van der Waals surface area contributed by atoms with Crippen molar-refractivity contribution in [1.82, 2.24) is 0 Å². The van der Waals surface area contributed by atoms with Crippen LogP contribution < -0.4 is 0 Å². The lowest BCUT2D eigenvalue weighted by molar-refractivity contribution is -0.391. The average molecular weight is 801 g/mol. The molecule has 16 heteroatoms. The molecule has 0 heterocycles. The van der Waals surface area contributed by atoms with Gasteiger partial charge in [0.25, 0.3) is 5.60 Å². The van der Waals surface area contributed by atoms with Crippen LogP contribution in [-0.4, -0.2) is 63.1 Å². The first-order valence-corrected chi connectivity index (χ1v) is 17.8. The molecule has 6 atom stereocenters. The molecule has 6 unspecified atom stereocenters. The average Bonchev–Trinajstić information content (AvgIpc) is 3.06. The number of benzene rings is 2.